The van der Waals surface area contributed by atoms with Crippen molar-refractivity contribution in [1.82, 2.24) is 35.1 Å². The van der Waals surface area contributed by atoms with Crippen molar-refractivity contribution in [2.45, 2.75) is 0 Å². The molecule has 0 aliphatic carbocycles. The number of imidazole rings is 1. The second kappa shape index (κ2) is 6.10. The van der Waals surface area contributed by atoms with Gasteiger partial charge in [-0.25, -0.2) is 15.0 Å². The zero-order valence-electron chi connectivity index (χ0n) is 15.0. The third kappa shape index (κ3) is 2.50. The number of pyridine rings is 3. The first kappa shape index (κ1) is 15.7. The van der Waals surface area contributed by atoms with Gasteiger partial charge in [0.2, 0.25) is 0 Å². The van der Waals surface area contributed by atoms with Gasteiger partial charge in [-0.2, -0.15) is 5.10 Å². The Balaban J connectivity index is 1.53. The highest BCUT2D eigenvalue weighted by atomic mass is 16.3. The van der Waals surface area contributed by atoms with Crippen LogP contribution in [0.5, 0.6) is 0 Å². The second-order valence-corrected chi connectivity index (χ2v) is 6.58. The van der Waals surface area contributed by atoms with Crippen LogP contribution in [0.25, 0.3) is 56.0 Å². The Hall–Kier alpha value is -4.33. The molecule has 0 amide bonds. The number of fused-ring (bicyclic) bond motifs is 2. The van der Waals surface area contributed by atoms with E-state index in [0.717, 1.165) is 38.9 Å². The Labute approximate surface area is 163 Å². The molecule has 0 saturated carbocycles. The van der Waals surface area contributed by atoms with Crippen LogP contribution in [0, 0.1) is 0 Å². The number of aromatic amines is 2. The van der Waals surface area contributed by atoms with E-state index in [4.69, 9.17) is 4.42 Å². The number of nitrogens with zero attached hydrogens (tertiary/aromatic N) is 5. The first-order valence-corrected chi connectivity index (χ1v) is 8.99. The van der Waals surface area contributed by atoms with E-state index in [0.29, 0.717) is 17.1 Å². The van der Waals surface area contributed by atoms with E-state index in [1.54, 1.807) is 37.3 Å². The maximum Gasteiger partial charge on any atom is 0.181 e. The summed E-state index contributed by atoms with van der Waals surface area (Å²) >= 11 is 0. The average Bonchev–Trinajstić information content (AvgIpc) is 3.52. The summed E-state index contributed by atoms with van der Waals surface area (Å²) in [4.78, 5) is 21.0. The molecule has 138 valence electrons. The van der Waals surface area contributed by atoms with Crippen LogP contribution in [0.2, 0.25) is 0 Å². The predicted octanol–water partition coefficient (Wildman–Crippen LogP) is 4.22. The van der Waals surface area contributed by atoms with Crippen molar-refractivity contribution in [3.8, 4) is 33.8 Å². The summed E-state index contributed by atoms with van der Waals surface area (Å²) in [6, 6.07) is 9.79. The van der Waals surface area contributed by atoms with Crippen LogP contribution in [0.1, 0.15) is 0 Å². The Bertz CT molecular complexity index is 1450. The smallest absolute Gasteiger partial charge is 0.181 e. The van der Waals surface area contributed by atoms with Crippen molar-refractivity contribution < 1.29 is 4.42 Å². The molecule has 0 spiro atoms. The van der Waals surface area contributed by atoms with Crippen LogP contribution < -0.4 is 0 Å². The van der Waals surface area contributed by atoms with Crippen molar-refractivity contribution in [3.05, 3.63) is 67.6 Å². The van der Waals surface area contributed by atoms with Crippen LogP contribution >= 0.6 is 0 Å². The molecule has 0 unspecified atom stereocenters. The van der Waals surface area contributed by atoms with Gasteiger partial charge in [0.15, 0.2) is 17.1 Å². The summed E-state index contributed by atoms with van der Waals surface area (Å²) in [5.41, 5.74) is 6.81. The molecule has 0 radical (unpaired) electrons. The third-order valence-electron chi connectivity index (χ3n) is 4.88. The fraction of sp³-hybridized carbons (Fsp3) is 0. The Kier molecular flexibility index (Phi) is 3.30. The van der Waals surface area contributed by atoms with Gasteiger partial charge in [0, 0.05) is 41.5 Å². The van der Waals surface area contributed by atoms with E-state index >= 15 is 0 Å². The molecule has 6 aromatic heterocycles. The molecule has 8 nitrogen and oxygen atoms in total. The molecule has 6 rings (SSSR count). The zero-order chi connectivity index (χ0) is 19.2. The highest BCUT2D eigenvalue weighted by molar-refractivity contribution is 5.95. The molecule has 0 aromatic carbocycles. The fourth-order valence-electron chi connectivity index (χ4n) is 3.47. The number of aromatic nitrogens is 7. The van der Waals surface area contributed by atoms with Gasteiger partial charge in [-0.1, -0.05) is 0 Å². The summed E-state index contributed by atoms with van der Waals surface area (Å²) in [6.45, 7) is 0. The molecule has 6 aromatic rings. The average molecular weight is 379 g/mol. The molecule has 6 heterocycles. The monoisotopic (exact) mass is 379 g/mol. The first-order chi connectivity index (χ1) is 14.4. The van der Waals surface area contributed by atoms with Gasteiger partial charge in [0.25, 0.3) is 0 Å². The van der Waals surface area contributed by atoms with Crippen LogP contribution in [0.3, 0.4) is 0 Å². The molecular weight excluding hydrogens is 366 g/mol. The van der Waals surface area contributed by atoms with Gasteiger partial charge in [-0.05, 0) is 35.9 Å². The highest BCUT2D eigenvalue weighted by Crippen LogP contribution is 2.31. The fourth-order valence-corrected chi connectivity index (χ4v) is 3.47. The number of H-pyrrole nitrogens is 2. The number of nitrogens with one attached hydrogen (secondary N) is 2. The quantitative estimate of drug-likeness (QED) is 0.476. The Morgan fingerprint density at radius 2 is 1.79 bits per heavy atom. The lowest BCUT2D eigenvalue weighted by molar-refractivity contribution is 0.568. The number of rotatable bonds is 3. The summed E-state index contributed by atoms with van der Waals surface area (Å²) in [7, 11) is 0. The summed E-state index contributed by atoms with van der Waals surface area (Å²) in [6.07, 6.45) is 10.4. The van der Waals surface area contributed by atoms with Gasteiger partial charge in [-0.15, -0.1) is 0 Å². The molecule has 0 bridgehead atoms. The maximum atomic E-state index is 5.23. The lowest BCUT2D eigenvalue weighted by atomic mass is 10.1. The summed E-state index contributed by atoms with van der Waals surface area (Å²) < 4.78 is 5.23. The topological polar surface area (TPSA) is 109 Å². The number of hydrogen-bond donors (Lipinski definition) is 2. The molecular formula is C21H13N7O. The molecule has 0 saturated heterocycles. The normalized spacial score (nSPS) is 11.4. The van der Waals surface area contributed by atoms with Gasteiger partial charge in [0.1, 0.15) is 5.69 Å². The van der Waals surface area contributed by atoms with Crippen LogP contribution in [0.15, 0.2) is 72.1 Å². The summed E-state index contributed by atoms with van der Waals surface area (Å²) in [5, 5.41) is 8.27. The predicted molar refractivity (Wildman–Crippen MR) is 108 cm³/mol. The van der Waals surface area contributed by atoms with E-state index in [9.17, 15) is 0 Å². The molecule has 2 N–H and O–H groups in total. The summed E-state index contributed by atoms with van der Waals surface area (Å²) in [5.74, 6) is 0.652. The minimum absolute atomic E-state index is 0.625. The lowest BCUT2D eigenvalue weighted by Gasteiger charge is -2.01. The minimum Gasteiger partial charge on any atom is -0.472 e. The molecule has 0 atom stereocenters. The SMILES string of the molecule is c1cc(-c2cnc3n[nH]c(-c4nc5nccc(-c6ccoc6)c5[nH]4)c3c2)ccn1. The highest BCUT2D eigenvalue weighted by Gasteiger charge is 2.16. The van der Waals surface area contributed by atoms with Crippen LogP contribution in [-0.2, 0) is 0 Å². The zero-order valence-corrected chi connectivity index (χ0v) is 15.0. The van der Waals surface area contributed by atoms with E-state index in [-0.39, 0.29) is 0 Å². The van der Waals surface area contributed by atoms with Crippen molar-refractivity contribution in [1.29, 1.82) is 0 Å². The number of furan rings is 1. The molecule has 8 heteroatoms. The standard InChI is InChI=1S/C21H13N7O/c1-5-22-6-2-12(1)14-9-16-18(27-28-19(16)24-10-14)21-25-17-15(13-4-8-29-11-13)3-7-23-20(17)26-21/h1-11H,(H,23,25,26)(H,24,27,28). The van der Waals surface area contributed by atoms with Gasteiger partial charge < -0.3 is 9.40 Å². The van der Waals surface area contributed by atoms with Gasteiger partial charge >= 0.3 is 0 Å². The van der Waals surface area contributed by atoms with Crippen molar-refractivity contribution >= 4 is 22.2 Å². The minimum atomic E-state index is 0.625. The first-order valence-electron chi connectivity index (χ1n) is 8.99. The largest absolute Gasteiger partial charge is 0.472 e. The molecule has 29 heavy (non-hydrogen) atoms. The van der Waals surface area contributed by atoms with Crippen molar-refractivity contribution in [2.24, 2.45) is 0 Å². The Morgan fingerprint density at radius 3 is 2.66 bits per heavy atom. The Morgan fingerprint density at radius 1 is 0.862 bits per heavy atom. The third-order valence-corrected chi connectivity index (χ3v) is 4.88. The van der Waals surface area contributed by atoms with Gasteiger partial charge in [-0.3, -0.25) is 10.1 Å². The van der Waals surface area contributed by atoms with E-state index in [1.807, 2.05) is 30.3 Å². The molecule has 0 aliphatic heterocycles. The van der Waals surface area contributed by atoms with E-state index in [2.05, 4.69) is 35.1 Å². The lowest BCUT2D eigenvalue weighted by Crippen LogP contribution is -1.84. The van der Waals surface area contributed by atoms with Crippen molar-refractivity contribution in [2.75, 3.05) is 0 Å². The number of hydrogen-bond acceptors (Lipinski definition) is 6. The van der Waals surface area contributed by atoms with Crippen molar-refractivity contribution in [3.63, 3.8) is 0 Å². The maximum absolute atomic E-state index is 5.23. The molecule has 0 aliphatic rings. The second-order valence-electron chi connectivity index (χ2n) is 6.58. The van der Waals surface area contributed by atoms with E-state index < -0.39 is 0 Å². The van der Waals surface area contributed by atoms with Gasteiger partial charge in [0.05, 0.1) is 23.4 Å². The molecule has 0 fully saturated rings. The van der Waals surface area contributed by atoms with Crippen LogP contribution in [-0.4, -0.2) is 35.1 Å². The van der Waals surface area contributed by atoms with E-state index in [1.165, 1.54) is 0 Å². The van der Waals surface area contributed by atoms with Crippen LogP contribution in [0.4, 0.5) is 0 Å².